The molecule has 1 fully saturated rings. The predicted octanol–water partition coefficient (Wildman–Crippen LogP) is 1.02. The third-order valence-electron chi connectivity index (χ3n) is 4.03. The van der Waals surface area contributed by atoms with Gasteiger partial charge in [-0.1, -0.05) is 12.1 Å². The standard InChI is InChI=1S/C17H19N5O3/c1-25-15-5-3-2-4-13(15)20-17(24)14-10-16(19-11-18-14)22-8-6-21(12-23)7-9-22/h2-5,10-12H,6-9H2,1H3,(H,20,24). The minimum absolute atomic E-state index is 0.272. The Morgan fingerprint density at radius 3 is 2.68 bits per heavy atom. The molecule has 0 unspecified atom stereocenters. The molecule has 1 aliphatic heterocycles. The molecular formula is C17H19N5O3. The SMILES string of the molecule is COc1ccccc1NC(=O)c1cc(N2CCN(C=O)CC2)ncn1. The third-order valence-corrected chi connectivity index (χ3v) is 4.03. The second kappa shape index (κ2) is 7.61. The molecule has 25 heavy (non-hydrogen) atoms. The first kappa shape index (κ1) is 16.7. The van der Waals surface area contributed by atoms with Gasteiger partial charge in [0.1, 0.15) is 23.6 Å². The number of piperazine rings is 1. The average molecular weight is 341 g/mol. The van der Waals surface area contributed by atoms with E-state index in [1.807, 2.05) is 17.0 Å². The zero-order valence-corrected chi connectivity index (χ0v) is 13.9. The molecule has 8 nitrogen and oxygen atoms in total. The Balaban J connectivity index is 1.73. The highest BCUT2D eigenvalue weighted by molar-refractivity contribution is 6.04. The Labute approximate surface area is 145 Å². The van der Waals surface area contributed by atoms with Gasteiger partial charge in [-0.2, -0.15) is 0 Å². The number of rotatable bonds is 5. The highest BCUT2D eigenvalue weighted by Crippen LogP contribution is 2.23. The van der Waals surface area contributed by atoms with E-state index < -0.39 is 0 Å². The topological polar surface area (TPSA) is 87.7 Å². The number of amides is 2. The van der Waals surface area contributed by atoms with E-state index in [1.165, 1.54) is 6.33 Å². The van der Waals surface area contributed by atoms with E-state index in [-0.39, 0.29) is 11.6 Å². The van der Waals surface area contributed by atoms with Crippen molar-refractivity contribution in [3.05, 3.63) is 42.4 Å². The first-order valence-corrected chi connectivity index (χ1v) is 7.92. The third kappa shape index (κ3) is 3.85. The van der Waals surface area contributed by atoms with Crippen molar-refractivity contribution in [2.24, 2.45) is 0 Å². The fourth-order valence-corrected chi connectivity index (χ4v) is 2.63. The Hall–Kier alpha value is -3.16. The van der Waals surface area contributed by atoms with Gasteiger partial charge >= 0.3 is 0 Å². The number of carbonyl (C=O) groups is 2. The summed E-state index contributed by atoms with van der Waals surface area (Å²) in [6.07, 6.45) is 2.22. The zero-order chi connectivity index (χ0) is 17.6. The second-order valence-electron chi connectivity index (χ2n) is 5.54. The van der Waals surface area contributed by atoms with Crippen LogP contribution in [0.25, 0.3) is 0 Å². The van der Waals surface area contributed by atoms with Crippen LogP contribution in [0.2, 0.25) is 0 Å². The van der Waals surface area contributed by atoms with Gasteiger partial charge in [0, 0.05) is 32.2 Å². The lowest BCUT2D eigenvalue weighted by molar-refractivity contribution is -0.118. The van der Waals surface area contributed by atoms with E-state index in [0.29, 0.717) is 43.4 Å². The molecule has 0 radical (unpaired) electrons. The number of ether oxygens (including phenoxy) is 1. The van der Waals surface area contributed by atoms with E-state index in [1.54, 1.807) is 30.2 Å². The summed E-state index contributed by atoms with van der Waals surface area (Å²) in [5.74, 6) is 0.917. The van der Waals surface area contributed by atoms with Gasteiger partial charge in [-0.25, -0.2) is 9.97 Å². The van der Waals surface area contributed by atoms with Gasteiger partial charge in [-0.05, 0) is 12.1 Å². The van der Waals surface area contributed by atoms with Crippen molar-refractivity contribution in [2.75, 3.05) is 43.5 Å². The van der Waals surface area contributed by atoms with E-state index in [0.717, 1.165) is 6.41 Å². The van der Waals surface area contributed by atoms with Crippen molar-refractivity contribution in [3.63, 3.8) is 0 Å². The summed E-state index contributed by atoms with van der Waals surface area (Å²) in [6.45, 7) is 2.61. The number of benzene rings is 1. The predicted molar refractivity (Wildman–Crippen MR) is 92.8 cm³/mol. The summed E-state index contributed by atoms with van der Waals surface area (Å²) in [4.78, 5) is 35.3. The molecule has 0 bridgehead atoms. The lowest BCUT2D eigenvalue weighted by Crippen LogP contribution is -2.46. The summed E-state index contributed by atoms with van der Waals surface area (Å²) in [5, 5.41) is 2.80. The summed E-state index contributed by atoms with van der Waals surface area (Å²) >= 11 is 0. The molecule has 1 saturated heterocycles. The van der Waals surface area contributed by atoms with Gasteiger partial charge in [0.05, 0.1) is 12.8 Å². The van der Waals surface area contributed by atoms with Gasteiger partial charge in [0.15, 0.2) is 0 Å². The van der Waals surface area contributed by atoms with E-state index in [2.05, 4.69) is 15.3 Å². The molecule has 2 amide bonds. The van der Waals surface area contributed by atoms with Crippen LogP contribution in [0.1, 0.15) is 10.5 Å². The summed E-state index contributed by atoms with van der Waals surface area (Å²) in [5.41, 5.74) is 0.850. The Morgan fingerprint density at radius 2 is 1.96 bits per heavy atom. The highest BCUT2D eigenvalue weighted by atomic mass is 16.5. The van der Waals surface area contributed by atoms with Crippen molar-refractivity contribution in [1.29, 1.82) is 0 Å². The number of anilines is 2. The smallest absolute Gasteiger partial charge is 0.274 e. The molecule has 0 saturated carbocycles. The molecule has 0 spiro atoms. The number of aromatic nitrogens is 2. The molecule has 1 aliphatic rings. The van der Waals surface area contributed by atoms with E-state index in [9.17, 15) is 9.59 Å². The fraction of sp³-hybridized carbons (Fsp3) is 0.294. The number of hydrogen-bond donors (Lipinski definition) is 1. The molecular weight excluding hydrogens is 322 g/mol. The molecule has 1 aromatic heterocycles. The summed E-state index contributed by atoms with van der Waals surface area (Å²) < 4.78 is 5.23. The minimum Gasteiger partial charge on any atom is -0.495 e. The molecule has 3 rings (SSSR count). The molecule has 8 heteroatoms. The first-order valence-electron chi connectivity index (χ1n) is 7.92. The van der Waals surface area contributed by atoms with Crippen LogP contribution in [0.3, 0.4) is 0 Å². The van der Waals surface area contributed by atoms with Crippen molar-refractivity contribution >= 4 is 23.8 Å². The van der Waals surface area contributed by atoms with Crippen molar-refractivity contribution < 1.29 is 14.3 Å². The molecule has 0 aliphatic carbocycles. The van der Waals surface area contributed by atoms with Gasteiger partial charge < -0.3 is 19.9 Å². The number of nitrogens with zero attached hydrogens (tertiary/aromatic N) is 4. The van der Waals surface area contributed by atoms with Gasteiger partial charge in [0.2, 0.25) is 6.41 Å². The molecule has 2 heterocycles. The largest absolute Gasteiger partial charge is 0.495 e. The Morgan fingerprint density at radius 1 is 1.20 bits per heavy atom. The number of nitrogens with one attached hydrogen (secondary N) is 1. The van der Waals surface area contributed by atoms with Crippen LogP contribution in [0, 0.1) is 0 Å². The van der Waals surface area contributed by atoms with Crippen LogP contribution in [0.5, 0.6) is 5.75 Å². The average Bonchev–Trinajstić information content (AvgIpc) is 2.68. The molecule has 130 valence electrons. The van der Waals surface area contributed by atoms with Gasteiger partial charge in [-0.3, -0.25) is 9.59 Å². The van der Waals surface area contributed by atoms with Crippen molar-refractivity contribution in [2.45, 2.75) is 0 Å². The fourth-order valence-electron chi connectivity index (χ4n) is 2.63. The quantitative estimate of drug-likeness (QED) is 0.817. The van der Waals surface area contributed by atoms with Crippen LogP contribution in [-0.4, -0.2) is 60.5 Å². The maximum Gasteiger partial charge on any atom is 0.274 e. The summed E-state index contributed by atoms with van der Waals surface area (Å²) in [6, 6.07) is 8.83. The number of methoxy groups -OCH3 is 1. The van der Waals surface area contributed by atoms with Gasteiger partial charge in [0.25, 0.3) is 5.91 Å². The Bertz CT molecular complexity index is 759. The Kier molecular flexibility index (Phi) is 5.08. The molecule has 0 atom stereocenters. The van der Waals surface area contributed by atoms with Crippen LogP contribution < -0.4 is 15.0 Å². The zero-order valence-electron chi connectivity index (χ0n) is 13.9. The maximum atomic E-state index is 12.5. The van der Waals surface area contributed by atoms with Crippen molar-refractivity contribution in [1.82, 2.24) is 14.9 Å². The normalized spacial score (nSPS) is 14.1. The van der Waals surface area contributed by atoms with Crippen LogP contribution in [-0.2, 0) is 4.79 Å². The van der Waals surface area contributed by atoms with Crippen molar-refractivity contribution in [3.8, 4) is 5.75 Å². The molecule has 2 aromatic rings. The molecule has 1 aromatic carbocycles. The van der Waals surface area contributed by atoms with E-state index >= 15 is 0 Å². The minimum atomic E-state index is -0.334. The number of hydrogen-bond acceptors (Lipinski definition) is 6. The van der Waals surface area contributed by atoms with Crippen LogP contribution in [0.4, 0.5) is 11.5 Å². The maximum absolute atomic E-state index is 12.5. The van der Waals surface area contributed by atoms with Crippen LogP contribution in [0.15, 0.2) is 36.7 Å². The molecule has 1 N–H and O–H groups in total. The second-order valence-corrected chi connectivity index (χ2v) is 5.54. The number of carbonyl (C=O) groups excluding carboxylic acids is 2. The first-order chi connectivity index (χ1) is 12.2. The summed E-state index contributed by atoms with van der Waals surface area (Å²) in [7, 11) is 1.55. The van der Waals surface area contributed by atoms with E-state index in [4.69, 9.17) is 4.74 Å². The highest BCUT2D eigenvalue weighted by Gasteiger charge is 2.19. The lowest BCUT2D eigenvalue weighted by atomic mass is 10.2. The van der Waals surface area contributed by atoms with Crippen LogP contribution >= 0.6 is 0 Å². The lowest BCUT2D eigenvalue weighted by Gasteiger charge is -2.33. The number of para-hydroxylation sites is 2. The monoisotopic (exact) mass is 341 g/mol. The van der Waals surface area contributed by atoms with Gasteiger partial charge in [-0.15, -0.1) is 0 Å².